The van der Waals surface area contributed by atoms with E-state index in [0.29, 0.717) is 5.56 Å². The molecule has 0 fully saturated rings. The molecule has 7 heteroatoms. The van der Waals surface area contributed by atoms with E-state index in [4.69, 9.17) is 0 Å². The molecule has 0 saturated carbocycles. The van der Waals surface area contributed by atoms with Gasteiger partial charge in [0.05, 0.1) is 17.2 Å². The average Bonchev–Trinajstić information content (AvgIpc) is 3.17. The maximum absolute atomic E-state index is 12.3. The van der Waals surface area contributed by atoms with Crippen molar-refractivity contribution >= 4 is 50.8 Å². The quantitative estimate of drug-likeness (QED) is 0.228. The number of rotatable bonds is 6. The lowest BCUT2D eigenvalue weighted by Gasteiger charge is -2.03. The van der Waals surface area contributed by atoms with E-state index in [1.165, 1.54) is 0 Å². The Morgan fingerprint density at radius 2 is 1.83 bits per heavy atom. The van der Waals surface area contributed by atoms with Crippen molar-refractivity contribution in [1.82, 2.24) is 15.4 Å². The summed E-state index contributed by atoms with van der Waals surface area (Å²) in [6, 6.07) is 23.1. The second-order valence-corrected chi connectivity index (χ2v) is 8.08. The number of hydrogen-bond donors (Lipinski definition) is 2. The molecule has 0 radical (unpaired) electrons. The maximum Gasteiger partial charge on any atom is 0.271 e. The topological polar surface area (TPSA) is 70.1 Å². The summed E-state index contributed by atoms with van der Waals surface area (Å²) in [6.45, 7) is 0. The van der Waals surface area contributed by atoms with Crippen LogP contribution in [0.1, 0.15) is 21.5 Å². The Hall–Kier alpha value is -2.90. The largest absolute Gasteiger partial charge is 0.333 e. The number of thioether (sulfide) groups is 1. The van der Waals surface area contributed by atoms with Gasteiger partial charge in [0.15, 0.2) is 5.16 Å². The summed E-state index contributed by atoms with van der Waals surface area (Å²) in [5.41, 5.74) is 7.12. The average molecular weight is 465 g/mol. The fourth-order valence-corrected chi connectivity index (χ4v) is 3.93. The van der Waals surface area contributed by atoms with Crippen molar-refractivity contribution in [3.63, 3.8) is 0 Å². The van der Waals surface area contributed by atoms with E-state index in [1.807, 2.05) is 60.7 Å². The zero-order chi connectivity index (χ0) is 20.1. The lowest BCUT2D eigenvalue weighted by atomic mass is 10.1. The van der Waals surface area contributed by atoms with Gasteiger partial charge >= 0.3 is 0 Å². The minimum atomic E-state index is -0.246. The van der Waals surface area contributed by atoms with Crippen LogP contribution in [0.4, 0.5) is 0 Å². The highest BCUT2D eigenvalue weighted by Gasteiger charge is 2.06. The second-order valence-electron chi connectivity index (χ2n) is 6.27. The highest BCUT2D eigenvalue weighted by atomic mass is 79.9. The molecular weight excluding hydrogens is 448 g/mol. The first-order chi connectivity index (χ1) is 14.2. The number of carbonyl (C=O) groups is 1. The number of aromatic amines is 1. The molecular formula is C22H17BrN4OS. The Balaban J connectivity index is 1.33. The van der Waals surface area contributed by atoms with Gasteiger partial charge in [-0.2, -0.15) is 5.10 Å². The van der Waals surface area contributed by atoms with Crippen LogP contribution in [0.3, 0.4) is 0 Å². The summed E-state index contributed by atoms with van der Waals surface area (Å²) in [5.74, 6) is 0.520. The smallest absolute Gasteiger partial charge is 0.271 e. The van der Waals surface area contributed by atoms with Gasteiger partial charge in [0.25, 0.3) is 5.91 Å². The molecule has 1 amide bonds. The molecule has 29 heavy (non-hydrogen) atoms. The molecule has 0 aliphatic carbocycles. The van der Waals surface area contributed by atoms with Crippen LogP contribution >= 0.6 is 27.7 Å². The minimum absolute atomic E-state index is 0.246. The predicted molar refractivity (Wildman–Crippen MR) is 121 cm³/mol. The third kappa shape index (κ3) is 4.93. The molecule has 4 aromatic rings. The molecule has 0 aliphatic heterocycles. The number of carbonyl (C=O) groups excluding carboxylic acids is 1. The Kier molecular flexibility index (Phi) is 6.07. The normalized spacial score (nSPS) is 11.2. The van der Waals surface area contributed by atoms with Gasteiger partial charge in [-0.05, 0) is 35.9 Å². The van der Waals surface area contributed by atoms with Gasteiger partial charge in [0.1, 0.15) is 0 Å². The van der Waals surface area contributed by atoms with Crippen LogP contribution in [0.2, 0.25) is 0 Å². The Morgan fingerprint density at radius 1 is 1.07 bits per heavy atom. The van der Waals surface area contributed by atoms with Gasteiger partial charge in [-0.15, -0.1) is 0 Å². The second kappa shape index (κ2) is 9.07. The predicted octanol–water partition coefficient (Wildman–Crippen LogP) is 5.38. The van der Waals surface area contributed by atoms with E-state index in [-0.39, 0.29) is 5.91 Å². The summed E-state index contributed by atoms with van der Waals surface area (Å²) in [6.07, 6.45) is 1.61. The summed E-state index contributed by atoms with van der Waals surface area (Å²) in [7, 11) is 0. The number of halogens is 1. The first-order valence-corrected chi connectivity index (χ1v) is 10.7. The molecule has 0 aliphatic rings. The van der Waals surface area contributed by atoms with Gasteiger partial charge in [0.2, 0.25) is 0 Å². The van der Waals surface area contributed by atoms with Crippen molar-refractivity contribution in [1.29, 1.82) is 0 Å². The number of amides is 1. The number of nitrogens with one attached hydrogen (secondary N) is 2. The van der Waals surface area contributed by atoms with Crippen molar-refractivity contribution in [2.24, 2.45) is 5.10 Å². The summed E-state index contributed by atoms with van der Waals surface area (Å²) in [5, 5.41) is 4.91. The van der Waals surface area contributed by atoms with Crippen LogP contribution < -0.4 is 5.43 Å². The lowest BCUT2D eigenvalue weighted by molar-refractivity contribution is 0.0955. The number of para-hydroxylation sites is 2. The third-order valence-electron chi connectivity index (χ3n) is 4.23. The first-order valence-electron chi connectivity index (χ1n) is 8.93. The zero-order valence-electron chi connectivity index (χ0n) is 15.3. The van der Waals surface area contributed by atoms with E-state index in [1.54, 1.807) is 30.1 Å². The molecule has 2 N–H and O–H groups in total. The van der Waals surface area contributed by atoms with Gasteiger partial charge in [0, 0.05) is 21.4 Å². The van der Waals surface area contributed by atoms with Crippen LogP contribution in [0, 0.1) is 0 Å². The number of nitrogens with zero attached hydrogens (tertiary/aromatic N) is 2. The summed E-state index contributed by atoms with van der Waals surface area (Å²) in [4.78, 5) is 20.1. The van der Waals surface area contributed by atoms with Crippen molar-refractivity contribution < 1.29 is 4.79 Å². The van der Waals surface area contributed by atoms with Crippen LogP contribution in [-0.2, 0) is 5.75 Å². The van der Waals surface area contributed by atoms with Crippen molar-refractivity contribution in [2.45, 2.75) is 10.9 Å². The molecule has 0 unspecified atom stereocenters. The molecule has 1 aromatic heterocycles. The summed E-state index contributed by atoms with van der Waals surface area (Å²) < 4.78 is 0.921. The SMILES string of the molecule is O=C(NN=Cc1ccccc1Br)c1ccc(CSc2nc3ccccc3[nH]2)cc1. The van der Waals surface area contributed by atoms with Crippen molar-refractivity contribution in [3.8, 4) is 0 Å². The number of aromatic nitrogens is 2. The van der Waals surface area contributed by atoms with E-state index < -0.39 is 0 Å². The Labute approximate surface area is 180 Å². The number of H-pyrrole nitrogens is 1. The van der Waals surface area contributed by atoms with E-state index in [0.717, 1.165) is 37.5 Å². The Morgan fingerprint density at radius 3 is 2.62 bits per heavy atom. The molecule has 144 valence electrons. The van der Waals surface area contributed by atoms with Crippen LogP contribution in [-0.4, -0.2) is 22.1 Å². The maximum atomic E-state index is 12.3. The van der Waals surface area contributed by atoms with Crippen LogP contribution in [0.15, 0.2) is 87.5 Å². The highest BCUT2D eigenvalue weighted by molar-refractivity contribution is 9.10. The van der Waals surface area contributed by atoms with Crippen molar-refractivity contribution in [3.05, 3.63) is 94.0 Å². The Bertz CT molecular complexity index is 1140. The first kappa shape index (κ1) is 19.4. The van der Waals surface area contributed by atoms with Crippen LogP contribution in [0.5, 0.6) is 0 Å². The van der Waals surface area contributed by atoms with Gasteiger partial charge in [-0.3, -0.25) is 4.79 Å². The number of hydrogen-bond acceptors (Lipinski definition) is 4. The fourth-order valence-electron chi connectivity index (χ4n) is 2.71. The van der Waals surface area contributed by atoms with E-state index in [2.05, 4.69) is 36.4 Å². The number of fused-ring (bicyclic) bond motifs is 1. The number of benzene rings is 3. The monoisotopic (exact) mass is 464 g/mol. The van der Waals surface area contributed by atoms with Crippen molar-refractivity contribution in [2.75, 3.05) is 0 Å². The van der Waals surface area contributed by atoms with Crippen LogP contribution in [0.25, 0.3) is 11.0 Å². The highest BCUT2D eigenvalue weighted by Crippen LogP contribution is 2.23. The number of hydrazone groups is 1. The third-order valence-corrected chi connectivity index (χ3v) is 5.90. The standard InChI is InChI=1S/C22H17BrN4OS/c23-18-6-2-1-5-17(18)13-24-27-21(28)16-11-9-15(10-12-16)14-29-22-25-19-7-3-4-8-20(19)26-22/h1-13H,14H2,(H,25,26)(H,27,28). The van der Waals surface area contributed by atoms with E-state index >= 15 is 0 Å². The zero-order valence-corrected chi connectivity index (χ0v) is 17.7. The molecule has 4 rings (SSSR count). The lowest BCUT2D eigenvalue weighted by Crippen LogP contribution is -2.17. The molecule has 0 bridgehead atoms. The van der Waals surface area contributed by atoms with E-state index in [9.17, 15) is 4.79 Å². The molecule has 0 spiro atoms. The molecule has 3 aromatic carbocycles. The van der Waals surface area contributed by atoms with Gasteiger partial charge in [-0.1, -0.05) is 70.2 Å². The van der Waals surface area contributed by atoms with Gasteiger partial charge < -0.3 is 4.98 Å². The molecule has 1 heterocycles. The van der Waals surface area contributed by atoms with Gasteiger partial charge in [-0.25, -0.2) is 10.4 Å². The molecule has 0 saturated heterocycles. The molecule has 5 nitrogen and oxygen atoms in total. The fraction of sp³-hybridized carbons (Fsp3) is 0.0455. The molecule has 0 atom stereocenters. The number of imidazole rings is 1. The minimum Gasteiger partial charge on any atom is -0.333 e. The summed E-state index contributed by atoms with van der Waals surface area (Å²) >= 11 is 5.08.